The van der Waals surface area contributed by atoms with Crippen molar-refractivity contribution in [2.24, 2.45) is 4.99 Å². The molecular formula is C20H25N7O. The molecule has 1 atom stereocenters. The van der Waals surface area contributed by atoms with Gasteiger partial charge in [-0.15, -0.1) is 0 Å². The van der Waals surface area contributed by atoms with Crippen molar-refractivity contribution in [2.75, 3.05) is 13.2 Å². The molecular weight excluding hydrogens is 354 g/mol. The van der Waals surface area contributed by atoms with Gasteiger partial charge in [0.25, 0.3) is 0 Å². The molecule has 0 spiro atoms. The van der Waals surface area contributed by atoms with Crippen molar-refractivity contribution >= 4 is 5.84 Å². The zero-order valence-electron chi connectivity index (χ0n) is 16.1. The fourth-order valence-electron chi connectivity index (χ4n) is 3.33. The molecule has 1 aromatic carbocycles. The van der Waals surface area contributed by atoms with E-state index in [4.69, 9.17) is 4.99 Å². The molecule has 0 amide bonds. The van der Waals surface area contributed by atoms with Gasteiger partial charge in [0, 0.05) is 30.5 Å². The normalized spacial score (nSPS) is 18.5. The summed E-state index contributed by atoms with van der Waals surface area (Å²) < 4.78 is 0. The first-order chi connectivity index (χ1) is 13.6. The summed E-state index contributed by atoms with van der Waals surface area (Å²) in [5.74, 6) is 2.17. The van der Waals surface area contributed by atoms with E-state index >= 15 is 0 Å². The van der Waals surface area contributed by atoms with Crippen molar-refractivity contribution in [1.82, 2.24) is 30.8 Å². The number of nitrogens with one attached hydrogen (secondary N) is 3. The number of nitrogens with zero attached hydrogens (tertiary/aromatic N) is 4. The Morgan fingerprint density at radius 3 is 2.68 bits per heavy atom. The van der Waals surface area contributed by atoms with E-state index in [1.165, 1.54) is 6.33 Å². The highest BCUT2D eigenvalue weighted by atomic mass is 16.3. The number of hydrogen-bond acceptors (Lipinski definition) is 8. The molecule has 0 bridgehead atoms. The van der Waals surface area contributed by atoms with Gasteiger partial charge < -0.3 is 26.0 Å². The van der Waals surface area contributed by atoms with Crippen molar-refractivity contribution in [3.05, 3.63) is 65.6 Å². The number of phenolic OH excluding ortho intramolecular Hbond substituents is 1. The summed E-state index contributed by atoms with van der Waals surface area (Å²) >= 11 is 0. The summed E-state index contributed by atoms with van der Waals surface area (Å²) in [6.45, 7) is 5.81. The van der Waals surface area contributed by atoms with Gasteiger partial charge >= 0.3 is 0 Å². The van der Waals surface area contributed by atoms with Gasteiger partial charge in [-0.3, -0.25) is 0 Å². The van der Waals surface area contributed by atoms with Gasteiger partial charge in [0.2, 0.25) is 0 Å². The van der Waals surface area contributed by atoms with E-state index in [2.05, 4.69) is 44.7 Å². The minimum atomic E-state index is -0.239. The summed E-state index contributed by atoms with van der Waals surface area (Å²) in [5.41, 5.74) is 3.08. The topological polar surface area (TPSA) is 97.7 Å². The van der Waals surface area contributed by atoms with Crippen LogP contribution in [0.4, 0.5) is 0 Å². The highest BCUT2D eigenvalue weighted by Crippen LogP contribution is 2.25. The fraction of sp³-hybridized carbons (Fsp3) is 0.350. The van der Waals surface area contributed by atoms with Crippen molar-refractivity contribution in [3.63, 3.8) is 0 Å². The van der Waals surface area contributed by atoms with Gasteiger partial charge in [-0.05, 0) is 38.0 Å². The molecule has 0 saturated carbocycles. The Morgan fingerprint density at radius 1 is 1.21 bits per heavy atom. The van der Waals surface area contributed by atoms with E-state index in [1.807, 2.05) is 12.1 Å². The number of hydrogen-bond donors (Lipinski definition) is 4. The van der Waals surface area contributed by atoms with Crippen molar-refractivity contribution in [3.8, 4) is 5.75 Å². The highest BCUT2D eigenvalue weighted by Gasteiger charge is 2.33. The third-order valence-electron chi connectivity index (χ3n) is 4.88. The zero-order valence-corrected chi connectivity index (χ0v) is 16.1. The number of aromatic nitrogens is 2. The summed E-state index contributed by atoms with van der Waals surface area (Å²) in [6.07, 6.45) is 5.70. The molecule has 8 nitrogen and oxygen atoms in total. The van der Waals surface area contributed by atoms with Gasteiger partial charge in [-0.2, -0.15) is 0 Å². The number of aliphatic imine (C=N–C) groups is 1. The van der Waals surface area contributed by atoms with E-state index in [0.29, 0.717) is 6.04 Å². The van der Waals surface area contributed by atoms with Crippen molar-refractivity contribution < 1.29 is 5.11 Å². The first kappa shape index (κ1) is 18.1. The number of aromatic hydroxyl groups is 1. The second-order valence-electron chi connectivity index (χ2n) is 7.16. The van der Waals surface area contributed by atoms with Crippen LogP contribution in [0, 0.1) is 0 Å². The van der Waals surface area contributed by atoms with E-state index in [0.717, 1.165) is 48.1 Å². The molecule has 0 aliphatic carbocycles. The van der Waals surface area contributed by atoms with E-state index in [1.54, 1.807) is 24.5 Å². The Hall–Kier alpha value is -3.29. The Bertz CT molecular complexity index is 877. The maximum Gasteiger partial charge on any atom is 0.155 e. The molecule has 1 saturated heterocycles. The van der Waals surface area contributed by atoms with Crippen LogP contribution in [0.5, 0.6) is 5.75 Å². The lowest BCUT2D eigenvalue weighted by Gasteiger charge is -2.29. The van der Waals surface area contributed by atoms with Crippen LogP contribution in [0.25, 0.3) is 0 Å². The number of amidine groups is 1. The molecule has 28 heavy (non-hydrogen) atoms. The second-order valence-corrected chi connectivity index (χ2v) is 7.16. The van der Waals surface area contributed by atoms with Gasteiger partial charge in [-0.1, -0.05) is 12.1 Å². The van der Waals surface area contributed by atoms with Gasteiger partial charge in [0.15, 0.2) is 12.0 Å². The van der Waals surface area contributed by atoms with Gasteiger partial charge in [0.05, 0.1) is 6.67 Å². The lowest BCUT2D eigenvalue weighted by atomic mass is 10.1. The molecule has 0 radical (unpaired) electrons. The molecule has 1 aromatic heterocycles. The summed E-state index contributed by atoms with van der Waals surface area (Å²) in [6, 6.07) is 7.65. The maximum absolute atomic E-state index is 9.43. The van der Waals surface area contributed by atoms with Gasteiger partial charge in [0.1, 0.15) is 23.6 Å². The smallest absolute Gasteiger partial charge is 0.155 e. The first-order valence-electron chi connectivity index (χ1n) is 9.48. The van der Waals surface area contributed by atoms with Gasteiger partial charge in [-0.25, -0.2) is 15.0 Å². The van der Waals surface area contributed by atoms with Crippen LogP contribution < -0.4 is 16.0 Å². The standard InChI is InChI=1S/C20H25N7O/c1-13(2)27-12-24-17-19(23-8-7-14-3-5-16(28)6-4-14)25-18(26-20(17)27)15-9-21-11-22-10-15/h3-6,9-11,13,18,23-25,28H,7-8,12H2,1-2H3. The van der Waals surface area contributed by atoms with E-state index in [-0.39, 0.29) is 11.9 Å². The molecule has 2 aliphatic heterocycles. The predicted molar refractivity (Wildman–Crippen MR) is 107 cm³/mol. The Kier molecular flexibility index (Phi) is 5.01. The maximum atomic E-state index is 9.43. The number of phenols is 1. The third kappa shape index (κ3) is 3.71. The molecule has 2 aromatic rings. The Balaban J connectivity index is 1.53. The Labute approximate surface area is 164 Å². The summed E-state index contributed by atoms with van der Waals surface area (Å²) in [4.78, 5) is 15.4. The number of benzene rings is 1. The summed E-state index contributed by atoms with van der Waals surface area (Å²) in [5, 5.41) is 19.9. The van der Waals surface area contributed by atoms with Crippen LogP contribution >= 0.6 is 0 Å². The Morgan fingerprint density at radius 2 is 1.96 bits per heavy atom. The molecule has 4 N–H and O–H groups in total. The first-order valence-corrected chi connectivity index (χ1v) is 9.48. The molecule has 3 heterocycles. The van der Waals surface area contributed by atoms with E-state index in [9.17, 15) is 5.11 Å². The molecule has 8 heteroatoms. The minimum absolute atomic E-state index is 0.239. The van der Waals surface area contributed by atoms with Crippen molar-refractivity contribution in [2.45, 2.75) is 32.5 Å². The van der Waals surface area contributed by atoms with Crippen LogP contribution in [0.15, 0.2) is 59.5 Å². The summed E-state index contributed by atoms with van der Waals surface area (Å²) in [7, 11) is 0. The molecule has 146 valence electrons. The number of rotatable bonds is 6. The van der Waals surface area contributed by atoms with E-state index < -0.39 is 0 Å². The monoisotopic (exact) mass is 379 g/mol. The van der Waals surface area contributed by atoms with Crippen LogP contribution in [0.2, 0.25) is 0 Å². The highest BCUT2D eigenvalue weighted by molar-refractivity contribution is 6.01. The predicted octanol–water partition coefficient (Wildman–Crippen LogP) is 1.45. The lowest BCUT2D eigenvalue weighted by molar-refractivity contribution is 0.362. The van der Waals surface area contributed by atoms with Crippen LogP contribution in [0.1, 0.15) is 31.1 Å². The van der Waals surface area contributed by atoms with Crippen LogP contribution in [-0.2, 0) is 6.42 Å². The quantitative estimate of drug-likeness (QED) is 0.603. The third-order valence-corrected chi connectivity index (χ3v) is 4.88. The lowest BCUT2D eigenvalue weighted by Crippen LogP contribution is -2.40. The fourth-order valence-corrected chi connectivity index (χ4v) is 3.33. The number of fused-ring (bicyclic) bond motifs is 1. The molecule has 4 rings (SSSR count). The largest absolute Gasteiger partial charge is 0.508 e. The van der Waals surface area contributed by atoms with Crippen LogP contribution in [0.3, 0.4) is 0 Å². The molecule has 1 fully saturated rings. The average molecular weight is 379 g/mol. The SMILES string of the molecule is CC(C)N1CNC2=C(NCCc3ccc(O)cc3)NC(c3cncnc3)N=C21. The second kappa shape index (κ2) is 7.75. The molecule has 2 aliphatic rings. The van der Waals surface area contributed by atoms with Crippen LogP contribution in [-0.4, -0.2) is 45.1 Å². The molecule has 1 unspecified atom stereocenters. The minimum Gasteiger partial charge on any atom is -0.508 e. The zero-order chi connectivity index (χ0) is 19.5. The van der Waals surface area contributed by atoms with Crippen molar-refractivity contribution in [1.29, 1.82) is 0 Å². The average Bonchev–Trinajstić information content (AvgIpc) is 3.14.